The van der Waals surface area contributed by atoms with Crippen molar-refractivity contribution in [3.63, 3.8) is 0 Å². The van der Waals surface area contributed by atoms with E-state index in [9.17, 15) is 9.59 Å². The zero-order chi connectivity index (χ0) is 13.5. The van der Waals surface area contributed by atoms with Crippen molar-refractivity contribution < 1.29 is 9.59 Å². The predicted molar refractivity (Wildman–Crippen MR) is 72.8 cm³/mol. The third-order valence-electron chi connectivity index (χ3n) is 2.36. The normalized spacial score (nSPS) is 11.7. The van der Waals surface area contributed by atoms with Gasteiger partial charge in [0.1, 0.15) is 0 Å². The molecule has 2 amide bonds. The van der Waals surface area contributed by atoms with Crippen LogP contribution in [0.2, 0.25) is 0 Å². The van der Waals surface area contributed by atoms with Crippen LogP contribution in [0.25, 0.3) is 0 Å². The third-order valence-corrected chi connectivity index (χ3v) is 2.85. The largest absolute Gasteiger partial charge is 0.348 e. The first kappa shape index (κ1) is 14.7. The first-order valence-electron chi connectivity index (χ1n) is 5.54. The standard InChI is InChI=1S/C12H16BrN3O2/c1-8(9-3-2-4-10(13)5-9)16-12(18)7-15-11(17)6-14/h2-5,8H,6-7,14H2,1H3,(H,15,17)(H,16,18)/t8-/m0/s1. The molecule has 0 unspecified atom stereocenters. The van der Waals surface area contributed by atoms with Crippen molar-refractivity contribution in [2.45, 2.75) is 13.0 Å². The van der Waals surface area contributed by atoms with Gasteiger partial charge in [-0.25, -0.2) is 0 Å². The Labute approximate surface area is 114 Å². The number of rotatable bonds is 5. The molecule has 0 aliphatic heterocycles. The van der Waals surface area contributed by atoms with Crippen LogP contribution in [0.1, 0.15) is 18.5 Å². The summed E-state index contributed by atoms with van der Waals surface area (Å²) in [6.07, 6.45) is 0. The Hall–Kier alpha value is -1.40. The fourth-order valence-corrected chi connectivity index (χ4v) is 1.82. The highest BCUT2D eigenvalue weighted by molar-refractivity contribution is 9.10. The van der Waals surface area contributed by atoms with E-state index in [-0.39, 0.29) is 30.9 Å². The number of carbonyl (C=O) groups excluding carboxylic acids is 2. The molecule has 0 saturated carbocycles. The fraction of sp³-hybridized carbons (Fsp3) is 0.333. The maximum absolute atomic E-state index is 11.6. The van der Waals surface area contributed by atoms with Crippen LogP contribution in [0.4, 0.5) is 0 Å². The molecule has 0 radical (unpaired) electrons. The minimum absolute atomic E-state index is 0.0611. The second-order valence-corrected chi connectivity index (χ2v) is 4.74. The van der Waals surface area contributed by atoms with E-state index in [0.717, 1.165) is 10.0 Å². The van der Waals surface area contributed by atoms with E-state index >= 15 is 0 Å². The zero-order valence-electron chi connectivity index (χ0n) is 10.1. The van der Waals surface area contributed by atoms with E-state index in [0.29, 0.717) is 0 Å². The Balaban J connectivity index is 2.47. The molecule has 5 nitrogen and oxygen atoms in total. The zero-order valence-corrected chi connectivity index (χ0v) is 11.7. The van der Waals surface area contributed by atoms with E-state index in [1.54, 1.807) is 0 Å². The second-order valence-electron chi connectivity index (χ2n) is 3.83. The van der Waals surface area contributed by atoms with Gasteiger partial charge in [-0.05, 0) is 24.6 Å². The van der Waals surface area contributed by atoms with Gasteiger partial charge < -0.3 is 16.4 Å². The third kappa shape index (κ3) is 4.85. The van der Waals surface area contributed by atoms with Crippen molar-refractivity contribution >= 4 is 27.7 Å². The molecule has 0 aliphatic rings. The second kappa shape index (κ2) is 7.13. The van der Waals surface area contributed by atoms with Crippen molar-refractivity contribution in [2.75, 3.05) is 13.1 Å². The molecule has 98 valence electrons. The van der Waals surface area contributed by atoms with E-state index < -0.39 is 0 Å². The van der Waals surface area contributed by atoms with Crippen LogP contribution in [-0.2, 0) is 9.59 Å². The summed E-state index contributed by atoms with van der Waals surface area (Å²) in [6, 6.07) is 7.56. The van der Waals surface area contributed by atoms with E-state index in [2.05, 4.69) is 26.6 Å². The molecule has 0 fully saturated rings. The maximum Gasteiger partial charge on any atom is 0.239 e. The molecule has 0 heterocycles. The Kier molecular flexibility index (Phi) is 5.80. The van der Waals surface area contributed by atoms with Crippen LogP contribution >= 0.6 is 15.9 Å². The van der Waals surface area contributed by atoms with Gasteiger partial charge in [-0.3, -0.25) is 9.59 Å². The lowest BCUT2D eigenvalue weighted by Crippen LogP contribution is -2.40. The van der Waals surface area contributed by atoms with Crippen LogP contribution in [0.15, 0.2) is 28.7 Å². The summed E-state index contributed by atoms with van der Waals surface area (Å²) >= 11 is 3.37. The van der Waals surface area contributed by atoms with Crippen molar-refractivity contribution in [1.29, 1.82) is 0 Å². The summed E-state index contributed by atoms with van der Waals surface area (Å²) in [4.78, 5) is 22.4. The summed E-state index contributed by atoms with van der Waals surface area (Å²) < 4.78 is 0.956. The summed E-state index contributed by atoms with van der Waals surface area (Å²) in [5, 5.41) is 5.20. The average Bonchev–Trinajstić information content (AvgIpc) is 2.35. The summed E-state index contributed by atoms with van der Waals surface area (Å²) in [5.41, 5.74) is 6.11. The van der Waals surface area contributed by atoms with Crippen molar-refractivity contribution in [3.05, 3.63) is 34.3 Å². The average molecular weight is 314 g/mol. The van der Waals surface area contributed by atoms with Crippen LogP contribution in [0.5, 0.6) is 0 Å². The highest BCUT2D eigenvalue weighted by atomic mass is 79.9. The van der Waals surface area contributed by atoms with Crippen molar-refractivity contribution in [2.24, 2.45) is 5.73 Å². The Morgan fingerprint density at radius 3 is 2.72 bits per heavy atom. The van der Waals surface area contributed by atoms with Gasteiger partial charge in [-0.2, -0.15) is 0 Å². The summed E-state index contributed by atoms with van der Waals surface area (Å²) in [7, 11) is 0. The molecule has 4 N–H and O–H groups in total. The molecular weight excluding hydrogens is 298 g/mol. The minimum Gasteiger partial charge on any atom is -0.348 e. The minimum atomic E-state index is -0.347. The van der Waals surface area contributed by atoms with Crippen LogP contribution in [0, 0.1) is 0 Å². The number of nitrogens with one attached hydrogen (secondary N) is 2. The van der Waals surface area contributed by atoms with Gasteiger partial charge in [0, 0.05) is 4.47 Å². The number of nitrogens with two attached hydrogens (primary N) is 1. The molecule has 0 aliphatic carbocycles. The molecule has 1 atom stereocenters. The molecule has 0 saturated heterocycles. The lowest BCUT2D eigenvalue weighted by Gasteiger charge is -2.14. The first-order valence-corrected chi connectivity index (χ1v) is 6.34. The SMILES string of the molecule is C[C@H](NC(=O)CNC(=O)CN)c1cccc(Br)c1. The van der Waals surface area contributed by atoms with Gasteiger partial charge in [0.25, 0.3) is 0 Å². The lowest BCUT2D eigenvalue weighted by atomic mass is 10.1. The summed E-state index contributed by atoms with van der Waals surface area (Å²) in [6.45, 7) is 1.70. The fourth-order valence-electron chi connectivity index (χ4n) is 1.40. The van der Waals surface area contributed by atoms with Crippen molar-refractivity contribution in [3.8, 4) is 0 Å². The molecule has 0 bridgehead atoms. The molecule has 0 aromatic heterocycles. The van der Waals surface area contributed by atoms with E-state index in [4.69, 9.17) is 5.73 Å². The molecule has 18 heavy (non-hydrogen) atoms. The highest BCUT2D eigenvalue weighted by Crippen LogP contribution is 2.17. The van der Waals surface area contributed by atoms with E-state index in [1.807, 2.05) is 31.2 Å². The number of halogens is 1. The molecule has 1 rings (SSSR count). The molecule has 6 heteroatoms. The predicted octanol–water partition coefficient (Wildman–Crippen LogP) is 0.701. The molecular formula is C12H16BrN3O2. The quantitative estimate of drug-likeness (QED) is 0.748. The Morgan fingerprint density at radius 2 is 2.11 bits per heavy atom. The maximum atomic E-state index is 11.6. The molecule has 0 spiro atoms. The smallest absolute Gasteiger partial charge is 0.239 e. The molecule has 1 aromatic carbocycles. The van der Waals surface area contributed by atoms with E-state index in [1.165, 1.54) is 0 Å². The van der Waals surface area contributed by atoms with Crippen LogP contribution < -0.4 is 16.4 Å². The van der Waals surface area contributed by atoms with Crippen molar-refractivity contribution in [1.82, 2.24) is 10.6 Å². The first-order chi connectivity index (χ1) is 8.52. The number of hydrogen-bond donors (Lipinski definition) is 3. The Bertz CT molecular complexity index is 437. The molecule has 1 aromatic rings. The Morgan fingerprint density at radius 1 is 1.39 bits per heavy atom. The number of amides is 2. The number of benzene rings is 1. The number of carbonyl (C=O) groups is 2. The lowest BCUT2D eigenvalue weighted by molar-refractivity contribution is -0.125. The van der Waals surface area contributed by atoms with Gasteiger partial charge in [0.2, 0.25) is 11.8 Å². The topological polar surface area (TPSA) is 84.2 Å². The van der Waals surface area contributed by atoms with Gasteiger partial charge >= 0.3 is 0 Å². The van der Waals surface area contributed by atoms with Crippen LogP contribution in [0.3, 0.4) is 0 Å². The van der Waals surface area contributed by atoms with Gasteiger partial charge in [0.05, 0.1) is 19.1 Å². The van der Waals surface area contributed by atoms with Gasteiger partial charge in [-0.1, -0.05) is 28.1 Å². The monoisotopic (exact) mass is 313 g/mol. The summed E-state index contributed by atoms with van der Waals surface area (Å²) in [5.74, 6) is -0.593. The van der Waals surface area contributed by atoms with Crippen LogP contribution in [-0.4, -0.2) is 24.9 Å². The highest BCUT2D eigenvalue weighted by Gasteiger charge is 2.10. The number of hydrogen-bond acceptors (Lipinski definition) is 3. The van der Waals surface area contributed by atoms with Gasteiger partial charge in [-0.15, -0.1) is 0 Å². The van der Waals surface area contributed by atoms with Gasteiger partial charge in [0.15, 0.2) is 0 Å².